The maximum absolute atomic E-state index is 11.8. The number of carboxylic acid groups (broad SMARTS) is 1. The molecule has 4 nitrogen and oxygen atoms in total. The topological polar surface area (TPSA) is 56.3 Å². The smallest absolute Gasteiger partial charge is 0.308 e. The van der Waals surface area contributed by atoms with Gasteiger partial charge in [-0.25, -0.2) is 0 Å². The van der Waals surface area contributed by atoms with E-state index in [-0.39, 0.29) is 5.92 Å². The average Bonchev–Trinajstić information content (AvgIpc) is 2.86. The number of nitrogens with zero attached hydrogens (tertiary/aromatic N) is 1. The summed E-state index contributed by atoms with van der Waals surface area (Å²) >= 11 is 0. The summed E-state index contributed by atoms with van der Waals surface area (Å²) in [6.07, 6.45) is 2.74. The molecule has 1 aromatic heterocycles. The van der Waals surface area contributed by atoms with Crippen LogP contribution < -0.4 is 0 Å². The van der Waals surface area contributed by atoms with Crippen molar-refractivity contribution >= 4 is 16.9 Å². The van der Waals surface area contributed by atoms with Gasteiger partial charge in [-0.2, -0.15) is 0 Å². The summed E-state index contributed by atoms with van der Waals surface area (Å²) in [5, 5.41) is 11.0. The fourth-order valence-electron chi connectivity index (χ4n) is 4.40. The highest BCUT2D eigenvalue weighted by atomic mass is 16.4. The molecule has 0 unspecified atom stereocenters. The second kappa shape index (κ2) is 4.34. The van der Waals surface area contributed by atoms with E-state index in [2.05, 4.69) is 35.0 Å². The van der Waals surface area contributed by atoms with Crippen LogP contribution in [0.25, 0.3) is 10.9 Å². The number of H-pyrrole nitrogens is 1. The fraction of sp³-hybridized carbons (Fsp3) is 0.471. The molecule has 0 spiro atoms. The Morgan fingerprint density at radius 3 is 3.00 bits per heavy atom. The van der Waals surface area contributed by atoms with Crippen LogP contribution in [0.5, 0.6) is 0 Å². The summed E-state index contributed by atoms with van der Waals surface area (Å²) in [6, 6.07) is 8.31. The molecule has 0 radical (unpaired) electrons. The van der Waals surface area contributed by atoms with E-state index in [4.69, 9.17) is 0 Å². The minimum Gasteiger partial charge on any atom is -0.481 e. The van der Waals surface area contributed by atoms with Crippen LogP contribution in [0.2, 0.25) is 0 Å². The Morgan fingerprint density at radius 1 is 1.38 bits per heavy atom. The Morgan fingerprint density at radius 2 is 2.19 bits per heavy atom. The SMILES string of the molecule is C[C@@]12c3[nH]c4ccccc4c3CCN1CCC[C@H]2C(=O)O. The number of hydrogen-bond donors (Lipinski definition) is 2. The molecule has 2 aromatic rings. The molecule has 110 valence electrons. The molecule has 2 N–H and O–H groups in total. The number of nitrogens with one attached hydrogen (secondary N) is 1. The van der Waals surface area contributed by atoms with Gasteiger partial charge in [0.15, 0.2) is 0 Å². The van der Waals surface area contributed by atoms with Crippen LogP contribution in [0.3, 0.4) is 0 Å². The van der Waals surface area contributed by atoms with Crippen LogP contribution in [-0.2, 0) is 16.8 Å². The highest BCUT2D eigenvalue weighted by molar-refractivity contribution is 5.86. The van der Waals surface area contributed by atoms with Crippen LogP contribution in [-0.4, -0.2) is 34.0 Å². The zero-order valence-corrected chi connectivity index (χ0v) is 12.2. The summed E-state index contributed by atoms with van der Waals surface area (Å²) in [6.45, 7) is 4.06. The zero-order valence-electron chi connectivity index (χ0n) is 12.2. The van der Waals surface area contributed by atoms with Gasteiger partial charge in [-0.3, -0.25) is 9.69 Å². The van der Waals surface area contributed by atoms with E-state index in [1.54, 1.807) is 0 Å². The molecule has 3 heterocycles. The van der Waals surface area contributed by atoms with E-state index in [1.165, 1.54) is 10.9 Å². The van der Waals surface area contributed by atoms with Crippen LogP contribution in [0.15, 0.2) is 24.3 Å². The van der Waals surface area contributed by atoms with Gasteiger partial charge in [-0.15, -0.1) is 0 Å². The van der Waals surface area contributed by atoms with Crippen molar-refractivity contribution in [2.45, 2.75) is 31.7 Å². The van der Waals surface area contributed by atoms with E-state index in [0.29, 0.717) is 0 Å². The van der Waals surface area contributed by atoms with Gasteiger partial charge in [-0.05, 0) is 44.4 Å². The lowest BCUT2D eigenvalue weighted by Gasteiger charge is -2.51. The lowest BCUT2D eigenvalue weighted by atomic mass is 9.72. The molecule has 0 saturated carbocycles. The largest absolute Gasteiger partial charge is 0.481 e. The van der Waals surface area contributed by atoms with Crippen molar-refractivity contribution in [3.63, 3.8) is 0 Å². The number of carbonyl (C=O) groups is 1. The molecule has 0 bridgehead atoms. The summed E-state index contributed by atoms with van der Waals surface area (Å²) in [5.74, 6) is -1.01. The molecular weight excluding hydrogens is 264 g/mol. The number of carboxylic acids is 1. The first-order chi connectivity index (χ1) is 10.1. The molecule has 2 atom stereocenters. The maximum Gasteiger partial charge on any atom is 0.308 e. The molecule has 2 aliphatic rings. The van der Waals surface area contributed by atoms with Gasteiger partial charge in [0.1, 0.15) is 0 Å². The second-order valence-electron chi connectivity index (χ2n) is 6.44. The third kappa shape index (κ3) is 1.62. The minimum atomic E-state index is -0.672. The standard InChI is InChI=1S/C17H20N2O2/c1-17-13(16(20)21)6-4-9-19(17)10-8-12-11-5-2-3-7-14(11)18-15(12)17/h2-3,5,7,13,18H,4,6,8-10H2,1H3,(H,20,21)/t13-,17+/m0/s1. The third-order valence-corrected chi connectivity index (χ3v) is 5.51. The van der Waals surface area contributed by atoms with Crippen molar-refractivity contribution in [1.29, 1.82) is 0 Å². The third-order valence-electron chi connectivity index (χ3n) is 5.51. The molecule has 4 rings (SSSR count). The van der Waals surface area contributed by atoms with Crippen LogP contribution in [0.1, 0.15) is 31.0 Å². The number of aromatic amines is 1. The van der Waals surface area contributed by atoms with Crippen LogP contribution in [0.4, 0.5) is 0 Å². The molecule has 0 aliphatic carbocycles. The minimum absolute atomic E-state index is 0.335. The summed E-state index contributed by atoms with van der Waals surface area (Å²) < 4.78 is 0. The average molecular weight is 284 g/mol. The van der Waals surface area contributed by atoms with Gasteiger partial charge >= 0.3 is 5.97 Å². The molecular formula is C17H20N2O2. The monoisotopic (exact) mass is 284 g/mol. The Bertz CT molecular complexity index is 721. The van der Waals surface area contributed by atoms with Gasteiger partial charge in [0.05, 0.1) is 11.5 Å². The van der Waals surface area contributed by atoms with E-state index < -0.39 is 11.5 Å². The number of aliphatic carboxylic acids is 1. The van der Waals surface area contributed by atoms with Gasteiger partial charge in [0.25, 0.3) is 0 Å². The fourth-order valence-corrected chi connectivity index (χ4v) is 4.40. The van der Waals surface area contributed by atoms with Gasteiger partial charge in [0, 0.05) is 23.1 Å². The Balaban J connectivity index is 1.96. The van der Waals surface area contributed by atoms with Crippen molar-refractivity contribution in [1.82, 2.24) is 9.88 Å². The van der Waals surface area contributed by atoms with Gasteiger partial charge in [-0.1, -0.05) is 18.2 Å². The Labute approximate surface area is 123 Å². The van der Waals surface area contributed by atoms with Gasteiger partial charge in [0.2, 0.25) is 0 Å². The maximum atomic E-state index is 11.8. The predicted octanol–water partition coefficient (Wildman–Crippen LogP) is 2.74. The first-order valence-corrected chi connectivity index (χ1v) is 7.70. The molecule has 1 aromatic carbocycles. The number of fused-ring (bicyclic) bond motifs is 5. The van der Waals surface area contributed by atoms with Gasteiger partial charge < -0.3 is 10.1 Å². The number of para-hydroxylation sites is 1. The number of benzene rings is 1. The number of rotatable bonds is 1. The van der Waals surface area contributed by atoms with Crippen molar-refractivity contribution < 1.29 is 9.90 Å². The van der Waals surface area contributed by atoms with Crippen LogP contribution in [0, 0.1) is 5.92 Å². The Kier molecular flexibility index (Phi) is 2.67. The van der Waals surface area contributed by atoms with E-state index in [1.807, 2.05) is 6.07 Å². The van der Waals surface area contributed by atoms with Crippen molar-refractivity contribution in [2.24, 2.45) is 5.92 Å². The van der Waals surface area contributed by atoms with Crippen molar-refractivity contribution in [3.8, 4) is 0 Å². The first kappa shape index (κ1) is 12.9. The van der Waals surface area contributed by atoms with E-state index in [0.717, 1.165) is 43.6 Å². The number of aromatic nitrogens is 1. The van der Waals surface area contributed by atoms with Crippen LogP contribution >= 0.6 is 0 Å². The second-order valence-corrected chi connectivity index (χ2v) is 6.44. The van der Waals surface area contributed by atoms with Crippen molar-refractivity contribution in [2.75, 3.05) is 13.1 Å². The van der Waals surface area contributed by atoms with E-state index >= 15 is 0 Å². The molecule has 2 aliphatic heterocycles. The summed E-state index contributed by atoms with van der Waals surface area (Å²) in [4.78, 5) is 17.7. The predicted molar refractivity (Wildman–Crippen MR) is 81.3 cm³/mol. The summed E-state index contributed by atoms with van der Waals surface area (Å²) in [5.41, 5.74) is 3.16. The highest BCUT2D eigenvalue weighted by Gasteiger charge is 2.51. The zero-order chi connectivity index (χ0) is 14.6. The lowest BCUT2D eigenvalue weighted by Crippen LogP contribution is -2.58. The molecule has 21 heavy (non-hydrogen) atoms. The highest BCUT2D eigenvalue weighted by Crippen LogP contribution is 2.47. The first-order valence-electron chi connectivity index (χ1n) is 7.70. The lowest BCUT2D eigenvalue weighted by molar-refractivity contribution is -0.152. The van der Waals surface area contributed by atoms with E-state index in [9.17, 15) is 9.90 Å². The molecule has 0 amide bonds. The number of hydrogen-bond acceptors (Lipinski definition) is 2. The Hall–Kier alpha value is -1.81. The normalized spacial score (nSPS) is 29.1. The van der Waals surface area contributed by atoms with Crippen molar-refractivity contribution in [3.05, 3.63) is 35.5 Å². The molecule has 1 fully saturated rings. The molecule has 1 saturated heterocycles. The summed E-state index contributed by atoms with van der Waals surface area (Å²) in [7, 11) is 0. The number of piperidine rings is 1. The quantitative estimate of drug-likeness (QED) is 0.846. The molecule has 4 heteroatoms.